The topological polar surface area (TPSA) is 102 Å². The summed E-state index contributed by atoms with van der Waals surface area (Å²) >= 11 is 0. The summed E-state index contributed by atoms with van der Waals surface area (Å²) in [4.78, 5) is 24.4. The first-order chi connectivity index (χ1) is 15.4. The summed E-state index contributed by atoms with van der Waals surface area (Å²) in [6.45, 7) is 2.98. The summed E-state index contributed by atoms with van der Waals surface area (Å²) in [6.07, 6.45) is 2.24. The number of anilines is 1. The number of esters is 1. The van der Waals surface area contributed by atoms with Gasteiger partial charge in [0, 0.05) is 25.2 Å². The number of amides is 1. The van der Waals surface area contributed by atoms with E-state index in [0.29, 0.717) is 31.8 Å². The van der Waals surface area contributed by atoms with E-state index in [4.69, 9.17) is 9.47 Å². The van der Waals surface area contributed by atoms with E-state index in [1.54, 1.807) is 12.1 Å². The lowest BCUT2D eigenvalue weighted by atomic mass is 10.1. The molecule has 32 heavy (non-hydrogen) atoms. The van der Waals surface area contributed by atoms with Crippen molar-refractivity contribution >= 4 is 27.6 Å². The van der Waals surface area contributed by atoms with E-state index in [-0.39, 0.29) is 11.3 Å². The number of aryl methyl sites for hydroxylation is 1. The minimum absolute atomic E-state index is 0.112. The Balaban J connectivity index is 1.49. The van der Waals surface area contributed by atoms with E-state index >= 15 is 0 Å². The molecule has 0 bridgehead atoms. The molecular formula is C23H28N2O6S. The van der Waals surface area contributed by atoms with Crippen LogP contribution in [0.1, 0.15) is 31.7 Å². The molecule has 8 nitrogen and oxygen atoms in total. The molecule has 9 heteroatoms. The third kappa shape index (κ3) is 6.30. The zero-order valence-electron chi connectivity index (χ0n) is 18.1. The minimum Gasteiger partial charge on any atom is -0.494 e. The van der Waals surface area contributed by atoms with Gasteiger partial charge in [-0.1, -0.05) is 24.3 Å². The molecule has 172 valence electrons. The fraction of sp³-hybridized carbons (Fsp3) is 0.391. The standard InChI is InChI=1S/C23H28N2O6S/c1-2-30-21-11-4-3-8-18(21)12-13-23(27)31-17-22(26)24-19-9-7-10-20(16-19)32(28,29)25-14-5-6-15-25/h3-4,7-11,16H,2,5-6,12-15,17H2,1H3,(H,24,26). The molecule has 1 amide bonds. The smallest absolute Gasteiger partial charge is 0.306 e. The highest BCUT2D eigenvalue weighted by atomic mass is 32.2. The summed E-state index contributed by atoms with van der Waals surface area (Å²) in [5.74, 6) is -0.315. The fourth-order valence-corrected chi connectivity index (χ4v) is 5.03. The molecule has 0 radical (unpaired) electrons. The summed E-state index contributed by atoms with van der Waals surface area (Å²) in [5, 5.41) is 2.58. The molecule has 0 atom stereocenters. The van der Waals surface area contributed by atoms with Gasteiger partial charge < -0.3 is 14.8 Å². The molecule has 1 heterocycles. The maximum Gasteiger partial charge on any atom is 0.306 e. The normalized spacial score (nSPS) is 14.2. The number of carbonyl (C=O) groups excluding carboxylic acids is 2. The number of nitrogens with one attached hydrogen (secondary N) is 1. The van der Waals surface area contributed by atoms with Gasteiger partial charge in [-0.3, -0.25) is 9.59 Å². The Bertz CT molecular complexity index is 1050. The predicted molar refractivity (Wildman–Crippen MR) is 120 cm³/mol. The highest BCUT2D eigenvalue weighted by molar-refractivity contribution is 7.89. The zero-order valence-corrected chi connectivity index (χ0v) is 18.9. The van der Waals surface area contributed by atoms with E-state index in [1.807, 2.05) is 31.2 Å². The van der Waals surface area contributed by atoms with Crippen LogP contribution in [0.15, 0.2) is 53.4 Å². The molecule has 3 rings (SSSR count). The van der Waals surface area contributed by atoms with Gasteiger partial charge >= 0.3 is 5.97 Å². The molecular weight excluding hydrogens is 432 g/mol. The number of hydrogen-bond acceptors (Lipinski definition) is 6. The van der Waals surface area contributed by atoms with Gasteiger partial charge in [0.25, 0.3) is 5.91 Å². The zero-order chi connectivity index (χ0) is 23.0. The molecule has 1 saturated heterocycles. The van der Waals surface area contributed by atoms with Gasteiger partial charge in [0.2, 0.25) is 10.0 Å². The summed E-state index contributed by atoms with van der Waals surface area (Å²) < 4.78 is 37.4. The van der Waals surface area contributed by atoms with Gasteiger partial charge in [-0.15, -0.1) is 0 Å². The van der Waals surface area contributed by atoms with Gasteiger partial charge in [0.15, 0.2) is 6.61 Å². The molecule has 0 aromatic heterocycles. The molecule has 0 aliphatic carbocycles. The first kappa shape index (κ1) is 23.7. The molecule has 0 saturated carbocycles. The van der Waals surface area contributed by atoms with Crippen molar-refractivity contribution in [1.29, 1.82) is 0 Å². The van der Waals surface area contributed by atoms with E-state index < -0.39 is 28.5 Å². The number of para-hydroxylation sites is 1. The van der Waals surface area contributed by atoms with Crippen LogP contribution in [0.4, 0.5) is 5.69 Å². The van der Waals surface area contributed by atoms with Crippen LogP contribution in [0.5, 0.6) is 5.75 Å². The Kier molecular flexibility index (Phi) is 8.24. The molecule has 1 aliphatic rings. The lowest BCUT2D eigenvalue weighted by Gasteiger charge is -2.16. The second-order valence-electron chi connectivity index (χ2n) is 7.39. The highest BCUT2D eigenvalue weighted by Crippen LogP contribution is 2.23. The number of hydrogen-bond donors (Lipinski definition) is 1. The lowest BCUT2D eigenvalue weighted by Crippen LogP contribution is -2.28. The van der Waals surface area contributed by atoms with Crippen molar-refractivity contribution in [2.45, 2.75) is 37.5 Å². The van der Waals surface area contributed by atoms with Crippen molar-refractivity contribution in [3.05, 3.63) is 54.1 Å². The number of nitrogens with zero attached hydrogens (tertiary/aromatic N) is 1. The van der Waals surface area contributed by atoms with Crippen LogP contribution in [0.25, 0.3) is 0 Å². The molecule has 1 aliphatic heterocycles. The maximum atomic E-state index is 12.7. The van der Waals surface area contributed by atoms with Gasteiger partial charge in [-0.2, -0.15) is 4.31 Å². The van der Waals surface area contributed by atoms with Crippen molar-refractivity contribution in [1.82, 2.24) is 4.31 Å². The second-order valence-corrected chi connectivity index (χ2v) is 9.33. The Morgan fingerprint density at radius 2 is 1.81 bits per heavy atom. The number of carbonyl (C=O) groups is 2. The van der Waals surface area contributed by atoms with Crippen LogP contribution in [-0.4, -0.2) is 50.9 Å². The fourth-order valence-electron chi connectivity index (χ4n) is 3.47. The van der Waals surface area contributed by atoms with E-state index in [9.17, 15) is 18.0 Å². The SMILES string of the molecule is CCOc1ccccc1CCC(=O)OCC(=O)Nc1cccc(S(=O)(=O)N2CCCC2)c1. The lowest BCUT2D eigenvalue weighted by molar-refractivity contribution is -0.147. The predicted octanol–water partition coefficient (Wildman–Crippen LogP) is 2.98. The van der Waals surface area contributed by atoms with Crippen molar-refractivity contribution in [2.24, 2.45) is 0 Å². The molecule has 1 fully saturated rings. The number of ether oxygens (including phenoxy) is 2. The summed E-state index contributed by atoms with van der Waals surface area (Å²) in [5.41, 5.74) is 1.23. The van der Waals surface area contributed by atoms with Gasteiger partial charge in [-0.05, 0) is 56.0 Å². The van der Waals surface area contributed by atoms with Crippen LogP contribution >= 0.6 is 0 Å². The molecule has 1 N–H and O–H groups in total. The molecule has 2 aromatic rings. The third-order valence-electron chi connectivity index (χ3n) is 5.06. The monoisotopic (exact) mass is 460 g/mol. The highest BCUT2D eigenvalue weighted by Gasteiger charge is 2.27. The van der Waals surface area contributed by atoms with Crippen molar-refractivity contribution in [3.8, 4) is 5.75 Å². The second kappa shape index (κ2) is 11.1. The van der Waals surface area contributed by atoms with Gasteiger partial charge in [0.1, 0.15) is 5.75 Å². The van der Waals surface area contributed by atoms with E-state index in [1.165, 1.54) is 16.4 Å². The first-order valence-electron chi connectivity index (χ1n) is 10.7. The Morgan fingerprint density at radius 1 is 1.06 bits per heavy atom. The van der Waals surface area contributed by atoms with Gasteiger partial charge in [-0.25, -0.2) is 8.42 Å². The molecule has 2 aromatic carbocycles. The van der Waals surface area contributed by atoms with Gasteiger partial charge in [0.05, 0.1) is 11.5 Å². The minimum atomic E-state index is -3.58. The van der Waals surface area contributed by atoms with E-state index in [2.05, 4.69) is 5.32 Å². The maximum absolute atomic E-state index is 12.7. The van der Waals surface area contributed by atoms with Crippen LogP contribution in [0.2, 0.25) is 0 Å². The Morgan fingerprint density at radius 3 is 2.56 bits per heavy atom. The van der Waals surface area contributed by atoms with E-state index in [0.717, 1.165) is 24.2 Å². The largest absolute Gasteiger partial charge is 0.494 e. The first-order valence-corrected chi connectivity index (χ1v) is 12.1. The van der Waals surface area contributed by atoms with Crippen LogP contribution in [-0.2, 0) is 30.8 Å². The average Bonchev–Trinajstić information content (AvgIpc) is 3.33. The Labute approximate surface area is 188 Å². The number of sulfonamides is 1. The number of rotatable bonds is 10. The van der Waals surface area contributed by atoms with Crippen molar-refractivity contribution in [3.63, 3.8) is 0 Å². The molecule has 0 unspecified atom stereocenters. The van der Waals surface area contributed by atoms with Crippen LogP contribution in [0.3, 0.4) is 0 Å². The number of benzene rings is 2. The average molecular weight is 461 g/mol. The summed E-state index contributed by atoms with van der Waals surface area (Å²) in [7, 11) is -3.58. The Hall–Kier alpha value is -2.91. The third-order valence-corrected chi connectivity index (χ3v) is 6.95. The van der Waals surface area contributed by atoms with Crippen molar-refractivity contribution in [2.75, 3.05) is 31.6 Å². The molecule has 0 spiro atoms. The van der Waals surface area contributed by atoms with Crippen molar-refractivity contribution < 1.29 is 27.5 Å². The van der Waals surface area contributed by atoms with Crippen LogP contribution < -0.4 is 10.1 Å². The summed E-state index contributed by atoms with van der Waals surface area (Å²) in [6, 6.07) is 13.5. The van der Waals surface area contributed by atoms with Crippen LogP contribution in [0, 0.1) is 0 Å². The quantitative estimate of drug-likeness (QED) is 0.547.